The average Bonchev–Trinajstić information content (AvgIpc) is 3.04. The van der Waals surface area contributed by atoms with Crippen molar-refractivity contribution in [3.8, 4) is 11.3 Å². The van der Waals surface area contributed by atoms with E-state index in [2.05, 4.69) is 15.7 Å². The summed E-state index contributed by atoms with van der Waals surface area (Å²) in [4.78, 5) is 24.3. The number of halogens is 1. The number of amides is 2. The molecule has 8 heteroatoms. The zero-order valence-corrected chi connectivity index (χ0v) is 16.5. The van der Waals surface area contributed by atoms with Crippen LogP contribution in [-0.4, -0.2) is 40.6 Å². The van der Waals surface area contributed by atoms with Gasteiger partial charge in [0.1, 0.15) is 17.1 Å². The summed E-state index contributed by atoms with van der Waals surface area (Å²) < 4.78 is 19.6. The van der Waals surface area contributed by atoms with E-state index in [1.54, 1.807) is 39.0 Å². The Hall–Kier alpha value is -3.42. The number of fused-ring (bicyclic) bond motifs is 1. The van der Waals surface area contributed by atoms with Crippen molar-refractivity contribution < 1.29 is 18.7 Å². The Morgan fingerprint density at radius 1 is 1.03 bits per heavy atom. The Kier molecular flexibility index (Phi) is 5.81. The van der Waals surface area contributed by atoms with Gasteiger partial charge in [-0.25, -0.2) is 14.0 Å². The fourth-order valence-electron chi connectivity index (χ4n) is 2.77. The first kappa shape index (κ1) is 20.3. The maximum Gasteiger partial charge on any atom is 0.407 e. The summed E-state index contributed by atoms with van der Waals surface area (Å²) in [7, 11) is 0. The summed E-state index contributed by atoms with van der Waals surface area (Å²) in [5, 5.41) is 10.5. The van der Waals surface area contributed by atoms with Crippen LogP contribution in [0.1, 0.15) is 20.8 Å². The summed E-state index contributed by atoms with van der Waals surface area (Å²) >= 11 is 0. The lowest BCUT2D eigenvalue weighted by atomic mass is 10.1. The molecule has 0 aliphatic rings. The lowest BCUT2D eigenvalue weighted by Gasteiger charge is -2.19. The van der Waals surface area contributed by atoms with Gasteiger partial charge in [-0.05, 0) is 51.1 Å². The van der Waals surface area contributed by atoms with E-state index in [4.69, 9.17) is 4.74 Å². The third-order valence-corrected chi connectivity index (χ3v) is 3.97. The second kappa shape index (κ2) is 8.30. The van der Waals surface area contributed by atoms with Crippen LogP contribution in [0.3, 0.4) is 0 Å². The molecule has 0 unspecified atom stereocenters. The molecular formula is C21H23FN4O3. The van der Waals surface area contributed by atoms with Gasteiger partial charge in [-0.2, -0.15) is 9.78 Å². The quantitative estimate of drug-likeness (QED) is 0.652. The molecule has 152 valence electrons. The number of nitrogens with one attached hydrogen (secondary N) is 2. The van der Waals surface area contributed by atoms with Crippen molar-refractivity contribution in [1.29, 1.82) is 0 Å². The molecule has 0 aliphatic heterocycles. The molecular weight excluding hydrogens is 375 g/mol. The number of hydrogen-bond donors (Lipinski definition) is 2. The van der Waals surface area contributed by atoms with E-state index in [0.717, 1.165) is 5.39 Å². The highest BCUT2D eigenvalue weighted by atomic mass is 19.1. The van der Waals surface area contributed by atoms with E-state index < -0.39 is 17.7 Å². The monoisotopic (exact) mass is 398 g/mol. The molecule has 0 bridgehead atoms. The number of carbonyl (C=O) groups excluding carboxylic acids is 2. The van der Waals surface area contributed by atoms with Crippen LogP contribution in [0.4, 0.5) is 14.0 Å². The number of para-hydroxylation sites is 1. The summed E-state index contributed by atoms with van der Waals surface area (Å²) in [6.07, 6.45) is -0.546. The molecule has 7 nitrogen and oxygen atoms in total. The molecule has 0 aliphatic carbocycles. The van der Waals surface area contributed by atoms with Gasteiger partial charge in [-0.3, -0.25) is 0 Å². The van der Waals surface area contributed by atoms with Crippen LogP contribution in [0.2, 0.25) is 0 Å². The Balaban J connectivity index is 1.70. The fraction of sp³-hybridized carbons (Fsp3) is 0.286. The molecule has 2 amide bonds. The van der Waals surface area contributed by atoms with E-state index in [1.807, 2.05) is 18.2 Å². The number of alkyl carbamates (subject to hydrolysis) is 1. The number of rotatable bonds is 4. The Morgan fingerprint density at radius 2 is 1.69 bits per heavy atom. The second-order valence-electron chi connectivity index (χ2n) is 7.45. The molecule has 0 atom stereocenters. The molecule has 2 aromatic carbocycles. The van der Waals surface area contributed by atoms with Crippen molar-refractivity contribution >= 4 is 23.0 Å². The van der Waals surface area contributed by atoms with Gasteiger partial charge in [-0.1, -0.05) is 18.2 Å². The maximum absolute atomic E-state index is 13.2. The zero-order valence-electron chi connectivity index (χ0n) is 16.5. The molecule has 0 fully saturated rings. The molecule has 0 saturated heterocycles. The van der Waals surface area contributed by atoms with Crippen LogP contribution >= 0.6 is 0 Å². The SMILES string of the molecule is CC(C)(C)OC(=O)NCCNC(=O)n1nc(-c2ccc(F)cc2)c2ccccc21. The van der Waals surface area contributed by atoms with Gasteiger partial charge in [0.05, 0.1) is 5.52 Å². The Bertz CT molecular complexity index is 1020. The largest absolute Gasteiger partial charge is 0.444 e. The van der Waals surface area contributed by atoms with Gasteiger partial charge < -0.3 is 15.4 Å². The lowest BCUT2D eigenvalue weighted by Crippen LogP contribution is -2.39. The van der Waals surface area contributed by atoms with Crippen molar-refractivity contribution in [2.75, 3.05) is 13.1 Å². The predicted octanol–water partition coefficient (Wildman–Crippen LogP) is 3.92. The summed E-state index contributed by atoms with van der Waals surface area (Å²) in [6.45, 7) is 5.74. The fourth-order valence-corrected chi connectivity index (χ4v) is 2.77. The van der Waals surface area contributed by atoms with E-state index >= 15 is 0 Å². The van der Waals surface area contributed by atoms with Crippen LogP contribution < -0.4 is 10.6 Å². The van der Waals surface area contributed by atoms with Gasteiger partial charge in [0.25, 0.3) is 0 Å². The molecule has 0 spiro atoms. The van der Waals surface area contributed by atoms with Crippen LogP contribution in [0.15, 0.2) is 48.5 Å². The van der Waals surface area contributed by atoms with Gasteiger partial charge in [0, 0.05) is 24.0 Å². The Labute approximate surface area is 167 Å². The van der Waals surface area contributed by atoms with Crippen molar-refractivity contribution in [3.05, 3.63) is 54.3 Å². The molecule has 29 heavy (non-hydrogen) atoms. The molecule has 0 saturated carbocycles. The van der Waals surface area contributed by atoms with Gasteiger partial charge in [0.15, 0.2) is 0 Å². The van der Waals surface area contributed by atoms with Crippen molar-refractivity contribution in [1.82, 2.24) is 20.4 Å². The van der Waals surface area contributed by atoms with Crippen LogP contribution in [-0.2, 0) is 4.74 Å². The van der Waals surface area contributed by atoms with Crippen LogP contribution in [0.5, 0.6) is 0 Å². The molecule has 3 aromatic rings. The third kappa shape index (κ3) is 5.10. The first-order valence-corrected chi connectivity index (χ1v) is 9.23. The topological polar surface area (TPSA) is 85.3 Å². The zero-order chi connectivity index (χ0) is 21.0. The van der Waals surface area contributed by atoms with Gasteiger partial charge in [0.2, 0.25) is 0 Å². The number of benzene rings is 2. The van der Waals surface area contributed by atoms with Crippen molar-refractivity contribution in [3.63, 3.8) is 0 Å². The van der Waals surface area contributed by atoms with Crippen LogP contribution in [0.25, 0.3) is 22.2 Å². The number of ether oxygens (including phenoxy) is 1. The van der Waals surface area contributed by atoms with E-state index in [9.17, 15) is 14.0 Å². The first-order valence-electron chi connectivity index (χ1n) is 9.23. The summed E-state index contributed by atoms with van der Waals surface area (Å²) in [5.74, 6) is -0.340. The smallest absolute Gasteiger partial charge is 0.407 e. The van der Waals surface area contributed by atoms with Gasteiger partial charge >= 0.3 is 12.1 Å². The summed E-state index contributed by atoms with van der Waals surface area (Å²) in [5.41, 5.74) is 1.34. The highest BCUT2D eigenvalue weighted by molar-refractivity contribution is 5.98. The van der Waals surface area contributed by atoms with E-state index in [0.29, 0.717) is 16.8 Å². The highest BCUT2D eigenvalue weighted by Gasteiger charge is 2.17. The number of nitrogens with zero attached hydrogens (tertiary/aromatic N) is 2. The normalized spacial score (nSPS) is 11.3. The van der Waals surface area contributed by atoms with Gasteiger partial charge in [-0.15, -0.1) is 0 Å². The van der Waals surface area contributed by atoms with Crippen molar-refractivity contribution in [2.24, 2.45) is 0 Å². The molecule has 2 N–H and O–H groups in total. The standard InChI is InChI=1S/C21H23FN4O3/c1-21(2,3)29-20(28)24-13-12-23-19(27)26-17-7-5-4-6-16(17)18(25-26)14-8-10-15(22)11-9-14/h4-11H,12-13H2,1-3H3,(H,23,27)(H,24,28). The minimum absolute atomic E-state index is 0.206. The average molecular weight is 398 g/mol. The second-order valence-corrected chi connectivity index (χ2v) is 7.45. The first-order chi connectivity index (χ1) is 13.7. The molecule has 0 radical (unpaired) electrons. The summed E-state index contributed by atoms with van der Waals surface area (Å²) in [6, 6.07) is 12.8. The number of carbonyl (C=O) groups is 2. The minimum Gasteiger partial charge on any atom is -0.444 e. The molecule has 1 heterocycles. The maximum atomic E-state index is 13.2. The van der Waals surface area contributed by atoms with Crippen LogP contribution in [0, 0.1) is 5.82 Å². The third-order valence-electron chi connectivity index (χ3n) is 3.97. The van der Waals surface area contributed by atoms with E-state index in [1.165, 1.54) is 16.8 Å². The lowest BCUT2D eigenvalue weighted by molar-refractivity contribution is 0.0528. The highest BCUT2D eigenvalue weighted by Crippen LogP contribution is 2.27. The van der Waals surface area contributed by atoms with Crippen molar-refractivity contribution in [2.45, 2.75) is 26.4 Å². The van der Waals surface area contributed by atoms with E-state index in [-0.39, 0.29) is 18.9 Å². The minimum atomic E-state index is -0.585. The molecule has 1 aromatic heterocycles. The predicted molar refractivity (Wildman–Crippen MR) is 108 cm³/mol. The molecule has 3 rings (SSSR count). The number of aromatic nitrogens is 2. The Morgan fingerprint density at radius 3 is 2.38 bits per heavy atom. The number of hydrogen-bond acceptors (Lipinski definition) is 4.